The highest BCUT2D eigenvalue weighted by molar-refractivity contribution is 5.96. The number of carbonyl (C=O) groups is 1. The second-order valence-electron chi connectivity index (χ2n) is 6.90. The van der Waals surface area contributed by atoms with E-state index in [4.69, 9.17) is 4.74 Å². The van der Waals surface area contributed by atoms with Crippen molar-refractivity contribution < 1.29 is 14.6 Å². The van der Waals surface area contributed by atoms with Gasteiger partial charge in [0.05, 0.1) is 11.4 Å². The number of benzene rings is 3. The van der Waals surface area contributed by atoms with Crippen LogP contribution in [-0.4, -0.2) is 15.6 Å². The zero-order chi connectivity index (χ0) is 20.0. The number of aromatic nitrogens is 1. The molecular weight excluding hydrogens is 366 g/mol. The van der Waals surface area contributed by atoms with Gasteiger partial charge in [-0.15, -0.1) is 10.2 Å². The summed E-state index contributed by atoms with van der Waals surface area (Å²) in [5, 5.41) is 19.3. The van der Waals surface area contributed by atoms with Gasteiger partial charge in [-0.1, -0.05) is 54.6 Å². The number of rotatable bonds is 2. The van der Waals surface area contributed by atoms with E-state index in [0.29, 0.717) is 11.5 Å². The molecule has 0 atom stereocenters. The van der Waals surface area contributed by atoms with Crippen LogP contribution in [0, 0.1) is 0 Å². The van der Waals surface area contributed by atoms with Gasteiger partial charge in [-0.2, -0.15) is 0 Å². The number of ether oxygens (including phenoxy) is 1. The van der Waals surface area contributed by atoms with Crippen molar-refractivity contribution in [3.63, 3.8) is 0 Å². The predicted octanol–water partition coefficient (Wildman–Crippen LogP) is 5.43. The molecule has 142 valence electrons. The van der Waals surface area contributed by atoms with E-state index in [2.05, 4.69) is 10.2 Å². The summed E-state index contributed by atoms with van der Waals surface area (Å²) in [6, 6.07) is 22.3. The molecule has 0 saturated heterocycles. The van der Waals surface area contributed by atoms with E-state index < -0.39 is 11.8 Å². The van der Waals surface area contributed by atoms with Gasteiger partial charge in [0.2, 0.25) is 5.88 Å². The number of aryl methyl sites for hydroxylation is 1. The van der Waals surface area contributed by atoms with E-state index in [1.54, 1.807) is 11.6 Å². The zero-order valence-corrected chi connectivity index (χ0v) is 15.6. The number of aromatic hydroxyl groups is 1. The first-order chi connectivity index (χ1) is 14.1. The Morgan fingerprint density at radius 2 is 1.52 bits per heavy atom. The van der Waals surface area contributed by atoms with Gasteiger partial charge in [0.25, 0.3) is 5.91 Å². The van der Waals surface area contributed by atoms with Crippen molar-refractivity contribution in [3.8, 4) is 17.4 Å². The van der Waals surface area contributed by atoms with E-state index in [1.807, 2.05) is 72.8 Å². The molecule has 1 aliphatic heterocycles. The lowest BCUT2D eigenvalue weighted by atomic mass is 9.87. The minimum Gasteiger partial charge on any atom is -0.493 e. The fourth-order valence-corrected chi connectivity index (χ4v) is 3.79. The van der Waals surface area contributed by atoms with Gasteiger partial charge in [0.15, 0.2) is 5.69 Å². The van der Waals surface area contributed by atoms with Crippen molar-refractivity contribution in [1.82, 2.24) is 4.57 Å². The van der Waals surface area contributed by atoms with E-state index in [9.17, 15) is 9.90 Å². The molecular formula is C23H17N3O3. The van der Waals surface area contributed by atoms with Crippen LogP contribution < -0.4 is 4.74 Å². The Bertz CT molecular complexity index is 1240. The van der Waals surface area contributed by atoms with Crippen LogP contribution in [0.15, 0.2) is 83.0 Å². The highest BCUT2D eigenvalue weighted by Crippen LogP contribution is 2.45. The predicted molar refractivity (Wildman–Crippen MR) is 109 cm³/mol. The topological polar surface area (TPSA) is 76.2 Å². The number of carbonyl (C=O) groups excluding carboxylic acids is 1. The second-order valence-corrected chi connectivity index (χ2v) is 6.90. The molecule has 6 heteroatoms. The third-order valence-electron chi connectivity index (χ3n) is 5.23. The van der Waals surface area contributed by atoms with Gasteiger partial charge in [0, 0.05) is 23.6 Å². The van der Waals surface area contributed by atoms with Gasteiger partial charge in [-0.05, 0) is 18.2 Å². The molecule has 0 radical (unpaired) electrons. The van der Waals surface area contributed by atoms with Crippen molar-refractivity contribution in [1.29, 1.82) is 0 Å². The lowest BCUT2D eigenvalue weighted by molar-refractivity contribution is -0.119. The number of azo groups is 1. The molecule has 2 heterocycles. The normalized spacial score (nSPS) is 13.3. The van der Waals surface area contributed by atoms with Crippen molar-refractivity contribution >= 4 is 22.5 Å². The molecule has 1 aromatic heterocycles. The summed E-state index contributed by atoms with van der Waals surface area (Å²) >= 11 is 0. The molecule has 4 aromatic rings. The molecule has 1 aliphatic rings. The molecule has 6 nitrogen and oxygen atoms in total. The summed E-state index contributed by atoms with van der Waals surface area (Å²) in [7, 11) is 1.74. The summed E-state index contributed by atoms with van der Waals surface area (Å²) in [6.45, 7) is 0. The Kier molecular flexibility index (Phi) is 3.91. The van der Waals surface area contributed by atoms with Crippen LogP contribution in [0.3, 0.4) is 0 Å². The number of para-hydroxylation sites is 3. The molecule has 5 rings (SSSR count). The Morgan fingerprint density at radius 3 is 2.21 bits per heavy atom. The van der Waals surface area contributed by atoms with Crippen LogP contribution in [0.25, 0.3) is 10.9 Å². The number of amides is 1. The third-order valence-corrected chi connectivity index (χ3v) is 5.23. The van der Waals surface area contributed by atoms with Gasteiger partial charge in [0.1, 0.15) is 11.5 Å². The number of nitrogens with zero attached hydrogens (tertiary/aromatic N) is 3. The van der Waals surface area contributed by atoms with Gasteiger partial charge >= 0.3 is 0 Å². The van der Waals surface area contributed by atoms with Crippen LogP contribution in [0.2, 0.25) is 0 Å². The molecule has 0 saturated carbocycles. The summed E-state index contributed by atoms with van der Waals surface area (Å²) in [4.78, 5) is 13.1. The molecule has 0 aliphatic carbocycles. The fraction of sp³-hybridized carbons (Fsp3) is 0.0870. The van der Waals surface area contributed by atoms with E-state index in [-0.39, 0.29) is 11.6 Å². The monoisotopic (exact) mass is 383 g/mol. The SMILES string of the molecule is Cn1c(O)c(N=NC(=O)C2c3ccccc3Oc3ccccc32)c2ccccc21. The van der Waals surface area contributed by atoms with E-state index in [0.717, 1.165) is 22.0 Å². The lowest BCUT2D eigenvalue weighted by Gasteiger charge is -2.25. The number of hydrogen-bond donors (Lipinski definition) is 1. The highest BCUT2D eigenvalue weighted by atomic mass is 16.5. The van der Waals surface area contributed by atoms with Crippen LogP contribution in [0.1, 0.15) is 17.0 Å². The molecule has 0 fully saturated rings. The summed E-state index contributed by atoms with van der Waals surface area (Å²) in [5.41, 5.74) is 2.59. The van der Waals surface area contributed by atoms with E-state index >= 15 is 0 Å². The Balaban J connectivity index is 1.58. The molecule has 29 heavy (non-hydrogen) atoms. The molecule has 1 N–H and O–H groups in total. The van der Waals surface area contributed by atoms with Gasteiger partial charge < -0.3 is 14.4 Å². The molecule has 0 bridgehead atoms. The number of hydrogen-bond acceptors (Lipinski definition) is 4. The van der Waals surface area contributed by atoms with Gasteiger partial charge in [-0.25, -0.2) is 0 Å². The largest absolute Gasteiger partial charge is 0.493 e. The standard InChI is InChI=1S/C23H17N3O3/c1-26-17-11-5-2-8-14(17)21(23(26)28)24-25-22(27)20-15-9-3-6-12-18(15)29-19-13-7-4-10-16(19)20/h2-13,20,28H,1H3. The summed E-state index contributed by atoms with van der Waals surface area (Å²) < 4.78 is 7.55. The average molecular weight is 383 g/mol. The number of fused-ring (bicyclic) bond motifs is 3. The smallest absolute Gasteiger partial charge is 0.276 e. The quantitative estimate of drug-likeness (QED) is 0.469. The maximum absolute atomic E-state index is 13.1. The zero-order valence-electron chi connectivity index (χ0n) is 15.6. The highest BCUT2D eigenvalue weighted by Gasteiger charge is 2.32. The average Bonchev–Trinajstić information content (AvgIpc) is 3.00. The van der Waals surface area contributed by atoms with Crippen LogP contribution in [0.4, 0.5) is 5.69 Å². The van der Waals surface area contributed by atoms with Crippen molar-refractivity contribution in [3.05, 3.63) is 83.9 Å². The van der Waals surface area contributed by atoms with E-state index in [1.165, 1.54) is 0 Å². The molecule has 0 spiro atoms. The molecule has 3 aromatic carbocycles. The first kappa shape index (κ1) is 17.2. The Hall–Kier alpha value is -3.93. The summed E-state index contributed by atoms with van der Waals surface area (Å²) in [6.07, 6.45) is 0. The summed E-state index contributed by atoms with van der Waals surface area (Å²) in [5.74, 6) is 0.202. The van der Waals surface area contributed by atoms with Crippen LogP contribution in [-0.2, 0) is 11.8 Å². The maximum atomic E-state index is 13.1. The maximum Gasteiger partial charge on any atom is 0.276 e. The Labute approximate surface area is 166 Å². The molecule has 1 amide bonds. The first-order valence-corrected chi connectivity index (χ1v) is 9.23. The minimum absolute atomic E-state index is 0.0319. The fourth-order valence-electron chi connectivity index (χ4n) is 3.79. The van der Waals surface area contributed by atoms with Crippen LogP contribution in [0.5, 0.6) is 17.4 Å². The van der Waals surface area contributed by atoms with Gasteiger partial charge in [-0.3, -0.25) is 4.79 Å². The Morgan fingerprint density at radius 1 is 0.931 bits per heavy atom. The molecule has 0 unspecified atom stereocenters. The van der Waals surface area contributed by atoms with Crippen molar-refractivity contribution in [2.75, 3.05) is 0 Å². The van der Waals surface area contributed by atoms with Crippen molar-refractivity contribution in [2.45, 2.75) is 5.92 Å². The van der Waals surface area contributed by atoms with Crippen LogP contribution >= 0.6 is 0 Å². The first-order valence-electron chi connectivity index (χ1n) is 9.23. The van der Waals surface area contributed by atoms with Crippen molar-refractivity contribution in [2.24, 2.45) is 17.3 Å². The lowest BCUT2D eigenvalue weighted by Crippen LogP contribution is -2.17. The second kappa shape index (κ2) is 6.60. The third kappa shape index (κ3) is 2.69. The minimum atomic E-state index is -0.614.